The minimum Gasteiger partial charge on any atom is -0.444 e. The number of nitrogens with zero attached hydrogens (tertiary/aromatic N) is 3. The number of amides is 2. The van der Waals surface area contributed by atoms with Crippen molar-refractivity contribution in [2.24, 2.45) is 5.11 Å². The smallest absolute Gasteiger partial charge is 0.407 e. The van der Waals surface area contributed by atoms with Crippen LogP contribution >= 0.6 is 0 Å². The van der Waals surface area contributed by atoms with Crippen molar-refractivity contribution in [2.45, 2.75) is 32.8 Å². The van der Waals surface area contributed by atoms with E-state index < -0.39 is 11.7 Å². The van der Waals surface area contributed by atoms with Crippen molar-refractivity contribution >= 4 is 17.7 Å². The van der Waals surface area contributed by atoms with Crippen LogP contribution in [0.3, 0.4) is 0 Å². The van der Waals surface area contributed by atoms with Crippen LogP contribution in [0.25, 0.3) is 10.4 Å². The summed E-state index contributed by atoms with van der Waals surface area (Å²) in [6, 6.07) is 7.19. The molecular formula is C15H21N5O3. The zero-order chi connectivity index (χ0) is 17.3. The van der Waals surface area contributed by atoms with Crippen molar-refractivity contribution in [2.75, 3.05) is 18.4 Å². The highest BCUT2D eigenvalue weighted by atomic mass is 16.6. The van der Waals surface area contributed by atoms with Gasteiger partial charge in [-0.25, -0.2) is 4.79 Å². The van der Waals surface area contributed by atoms with Crippen molar-refractivity contribution in [3.05, 3.63) is 40.3 Å². The molecule has 0 bridgehead atoms. The van der Waals surface area contributed by atoms with Crippen LogP contribution in [0.1, 0.15) is 26.3 Å². The molecule has 8 nitrogen and oxygen atoms in total. The summed E-state index contributed by atoms with van der Waals surface area (Å²) >= 11 is 0. The maximum Gasteiger partial charge on any atom is 0.407 e. The molecule has 2 amide bonds. The summed E-state index contributed by atoms with van der Waals surface area (Å²) in [5, 5.41) is 8.47. The largest absolute Gasteiger partial charge is 0.444 e. The van der Waals surface area contributed by atoms with E-state index in [1.54, 1.807) is 12.1 Å². The van der Waals surface area contributed by atoms with Gasteiger partial charge in [0.2, 0.25) is 5.91 Å². The molecule has 23 heavy (non-hydrogen) atoms. The van der Waals surface area contributed by atoms with Crippen molar-refractivity contribution in [1.82, 2.24) is 5.32 Å². The van der Waals surface area contributed by atoms with Crippen LogP contribution in [-0.4, -0.2) is 30.7 Å². The number of benzene rings is 1. The van der Waals surface area contributed by atoms with Gasteiger partial charge in [0, 0.05) is 17.1 Å². The third kappa shape index (κ3) is 8.33. The lowest BCUT2D eigenvalue weighted by atomic mass is 10.1. The molecule has 0 aliphatic carbocycles. The Labute approximate surface area is 134 Å². The Hall–Kier alpha value is -2.73. The monoisotopic (exact) mass is 319 g/mol. The van der Waals surface area contributed by atoms with Crippen molar-refractivity contribution in [3.63, 3.8) is 0 Å². The Morgan fingerprint density at radius 1 is 1.26 bits per heavy atom. The number of ether oxygens (including phenoxy) is 1. The van der Waals surface area contributed by atoms with Gasteiger partial charge in [0.05, 0.1) is 0 Å². The van der Waals surface area contributed by atoms with Crippen LogP contribution in [0.4, 0.5) is 10.5 Å². The van der Waals surface area contributed by atoms with Crippen LogP contribution in [0.5, 0.6) is 0 Å². The van der Waals surface area contributed by atoms with E-state index in [1.807, 2.05) is 32.9 Å². The predicted molar refractivity (Wildman–Crippen MR) is 87.0 cm³/mol. The van der Waals surface area contributed by atoms with E-state index >= 15 is 0 Å². The second kappa shape index (κ2) is 8.65. The summed E-state index contributed by atoms with van der Waals surface area (Å²) in [5.41, 5.74) is 9.25. The Balaban J connectivity index is 2.38. The fourth-order valence-corrected chi connectivity index (χ4v) is 1.67. The molecule has 0 unspecified atom stereocenters. The average Bonchev–Trinajstić information content (AvgIpc) is 2.45. The van der Waals surface area contributed by atoms with E-state index in [0.717, 1.165) is 5.56 Å². The molecule has 0 aliphatic rings. The van der Waals surface area contributed by atoms with Crippen molar-refractivity contribution in [1.29, 1.82) is 0 Å². The van der Waals surface area contributed by atoms with Crippen LogP contribution in [-0.2, 0) is 16.0 Å². The first-order chi connectivity index (χ1) is 10.8. The molecule has 1 rings (SSSR count). The molecule has 8 heteroatoms. The van der Waals surface area contributed by atoms with Crippen LogP contribution in [0, 0.1) is 0 Å². The molecule has 0 heterocycles. The molecule has 0 aliphatic heterocycles. The van der Waals surface area contributed by atoms with E-state index in [0.29, 0.717) is 18.7 Å². The zero-order valence-electron chi connectivity index (χ0n) is 13.5. The van der Waals surface area contributed by atoms with Gasteiger partial charge in [0.15, 0.2) is 0 Å². The van der Waals surface area contributed by atoms with Crippen LogP contribution in [0.2, 0.25) is 0 Å². The molecule has 0 saturated heterocycles. The fourth-order valence-electron chi connectivity index (χ4n) is 1.67. The maximum absolute atomic E-state index is 11.5. The lowest BCUT2D eigenvalue weighted by Crippen LogP contribution is -2.33. The SMILES string of the molecule is CC(C)(C)OC(=O)NCCc1ccc(NC(=O)CN=[N+]=[N-])cc1. The number of nitrogens with one attached hydrogen (secondary N) is 2. The van der Waals surface area contributed by atoms with Crippen LogP contribution in [0.15, 0.2) is 29.4 Å². The molecule has 1 aromatic carbocycles. The minimum atomic E-state index is -0.514. The quantitative estimate of drug-likeness (QED) is 0.477. The first-order valence-corrected chi connectivity index (χ1v) is 7.16. The fraction of sp³-hybridized carbons (Fsp3) is 0.467. The topological polar surface area (TPSA) is 116 Å². The molecule has 1 aromatic rings. The van der Waals surface area contributed by atoms with E-state index in [2.05, 4.69) is 20.7 Å². The molecule has 0 atom stereocenters. The molecular weight excluding hydrogens is 298 g/mol. The minimum absolute atomic E-state index is 0.238. The third-order valence-electron chi connectivity index (χ3n) is 2.60. The Kier molecular flexibility index (Phi) is 6.89. The number of carbonyl (C=O) groups excluding carboxylic acids is 2. The van der Waals surface area contributed by atoms with E-state index in [4.69, 9.17) is 10.3 Å². The van der Waals surface area contributed by atoms with Gasteiger partial charge in [-0.1, -0.05) is 17.2 Å². The summed E-state index contributed by atoms with van der Waals surface area (Å²) in [7, 11) is 0. The molecule has 0 fully saturated rings. The first kappa shape index (κ1) is 18.3. The van der Waals surface area contributed by atoms with E-state index in [1.165, 1.54) is 0 Å². The number of rotatable bonds is 6. The lowest BCUT2D eigenvalue weighted by molar-refractivity contribution is -0.114. The predicted octanol–water partition coefficient (Wildman–Crippen LogP) is 3.00. The highest BCUT2D eigenvalue weighted by Crippen LogP contribution is 2.10. The van der Waals surface area contributed by atoms with E-state index in [-0.39, 0.29) is 12.5 Å². The van der Waals surface area contributed by atoms with Crippen molar-refractivity contribution < 1.29 is 14.3 Å². The molecule has 0 aromatic heterocycles. The van der Waals surface area contributed by atoms with Gasteiger partial charge in [-0.15, -0.1) is 0 Å². The average molecular weight is 319 g/mol. The molecule has 124 valence electrons. The van der Waals surface area contributed by atoms with Gasteiger partial charge in [-0.2, -0.15) is 0 Å². The number of hydrogen-bond donors (Lipinski definition) is 2. The molecule has 0 saturated carbocycles. The summed E-state index contributed by atoms with van der Waals surface area (Å²) < 4.78 is 5.14. The lowest BCUT2D eigenvalue weighted by Gasteiger charge is -2.19. The van der Waals surface area contributed by atoms with Gasteiger partial charge in [0.25, 0.3) is 0 Å². The van der Waals surface area contributed by atoms with E-state index in [9.17, 15) is 9.59 Å². The Morgan fingerprint density at radius 2 is 1.91 bits per heavy atom. The normalized spacial score (nSPS) is 10.4. The molecule has 2 N–H and O–H groups in total. The Bertz CT molecular complexity index is 586. The molecule has 0 spiro atoms. The zero-order valence-corrected chi connectivity index (χ0v) is 13.5. The number of carbonyl (C=O) groups is 2. The number of hydrogen-bond acceptors (Lipinski definition) is 4. The Morgan fingerprint density at radius 3 is 2.48 bits per heavy atom. The number of anilines is 1. The van der Waals surface area contributed by atoms with Gasteiger partial charge >= 0.3 is 6.09 Å². The standard InChI is InChI=1S/C15H21N5O3/c1-15(2,3)23-14(22)17-9-8-11-4-6-12(7-5-11)19-13(21)10-18-20-16/h4-7H,8-10H2,1-3H3,(H,17,22)(H,19,21). The van der Waals surface area contributed by atoms with Gasteiger partial charge < -0.3 is 15.4 Å². The summed E-state index contributed by atoms with van der Waals surface area (Å²) in [6.45, 7) is 5.64. The third-order valence-corrected chi connectivity index (χ3v) is 2.60. The molecule has 0 radical (unpaired) electrons. The summed E-state index contributed by atoms with van der Waals surface area (Å²) in [6.07, 6.45) is 0.200. The van der Waals surface area contributed by atoms with Crippen molar-refractivity contribution in [3.8, 4) is 0 Å². The second-order valence-corrected chi connectivity index (χ2v) is 5.81. The highest BCUT2D eigenvalue weighted by molar-refractivity contribution is 5.92. The second-order valence-electron chi connectivity index (χ2n) is 5.81. The first-order valence-electron chi connectivity index (χ1n) is 7.16. The van der Waals surface area contributed by atoms with Gasteiger partial charge in [-0.3, -0.25) is 4.79 Å². The van der Waals surface area contributed by atoms with Crippen LogP contribution < -0.4 is 10.6 Å². The summed E-state index contributed by atoms with van der Waals surface area (Å²) in [4.78, 5) is 25.4. The number of alkyl carbamates (subject to hydrolysis) is 1. The summed E-state index contributed by atoms with van der Waals surface area (Å²) in [5.74, 6) is -0.373. The number of azide groups is 1. The van der Waals surface area contributed by atoms with Gasteiger partial charge in [0.1, 0.15) is 12.1 Å². The van der Waals surface area contributed by atoms with Gasteiger partial charge in [-0.05, 0) is 50.4 Å². The highest BCUT2D eigenvalue weighted by Gasteiger charge is 2.15. The maximum atomic E-state index is 11.5.